The van der Waals surface area contributed by atoms with Crippen molar-refractivity contribution in [2.75, 3.05) is 0 Å². The number of amides is 1. The molecule has 2 rings (SSSR count). The Kier molecular flexibility index (Phi) is 5.64. The predicted octanol–water partition coefficient (Wildman–Crippen LogP) is -1.45. The van der Waals surface area contributed by atoms with E-state index < -0.39 is 15.9 Å². The Hall–Kier alpha value is 0.900. The summed E-state index contributed by atoms with van der Waals surface area (Å²) in [6.07, 6.45) is 0. The van der Waals surface area contributed by atoms with E-state index >= 15 is 0 Å². The Labute approximate surface area is 134 Å². The van der Waals surface area contributed by atoms with Gasteiger partial charge in [0.2, 0.25) is 0 Å². The van der Waals surface area contributed by atoms with Crippen LogP contribution in [0.15, 0.2) is 29.2 Å². The van der Waals surface area contributed by atoms with Crippen molar-refractivity contribution in [3.8, 4) is 0 Å². The standard InChI is InChI=1S/C7H5NO3S.Ca.Na.3H/c9-7-5-3-1-2-4-6(5)12(10,11)8-7;;;;;/h1-4H,(H,8,9);;;;;. The van der Waals surface area contributed by atoms with Crippen LogP contribution in [0.3, 0.4) is 0 Å². The maximum atomic E-state index is 11.1. The summed E-state index contributed by atoms with van der Waals surface area (Å²) in [5.74, 6) is -0.550. The van der Waals surface area contributed by atoms with E-state index in [0.29, 0.717) is 0 Å². The third-order valence-corrected chi connectivity index (χ3v) is 3.04. The molecule has 1 N–H and O–H groups in total. The van der Waals surface area contributed by atoms with Gasteiger partial charge in [0.05, 0.1) is 5.56 Å². The van der Waals surface area contributed by atoms with Gasteiger partial charge in [0.15, 0.2) is 0 Å². The van der Waals surface area contributed by atoms with Crippen LogP contribution in [0.5, 0.6) is 0 Å². The first-order valence-corrected chi connectivity index (χ1v) is 4.76. The molecule has 7 heteroatoms. The van der Waals surface area contributed by atoms with Gasteiger partial charge in [0.1, 0.15) is 4.90 Å². The summed E-state index contributed by atoms with van der Waals surface area (Å²) in [5, 5.41) is 0. The molecule has 0 aromatic heterocycles. The monoisotopic (exact) mass is 249 g/mol. The molecule has 1 amide bonds. The van der Waals surface area contributed by atoms with E-state index in [4.69, 9.17) is 0 Å². The van der Waals surface area contributed by atoms with Gasteiger partial charge in [0.25, 0.3) is 15.9 Å². The van der Waals surface area contributed by atoms with Crippen LogP contribution < -0.4 is 4.72 Å². The summed E-state index contributed by atoms with van der Waals surface area (Å²) in [6, 6.07) is 6.09. The second-order valence-electron chi connectivity index (χ2n) is 2.43. The third kappa shape index (κ3) is 2.52. The number of carbonyl (C=O) groups excluding carboxylic acids is 1. The molecule has 1 aliphatic rings. The van der Waals surface area contributed by atoms with Crippen molar-refractivity contribution in [2.45, 2.75) is 4.90 Å². The Morgan fingerprint density at radius 3 is 2.29 bits per heavy atom. The van der Waals surface area contributed by atoms with E-state index in [1.807, 2.05) is 4.72 Å². The number of benzene rings is 1. The van der Waals surface area contributed by atoms with E-state index in [9.17, 15) is 13.2 Å². The van der Waals surface area contributed by atoms with Gasteiger partial charge in [-0.2, -0.15) is 0 Å². The van der Waals surface area contributed by atoms with Gasteiger partial charge in [-0.3, -0.25) is 4.79 Å². The Balaban J connectivity index is 0.000000845. The molecule has 0 aliphatic carbocycles. The average Bonchev–Trinajstić information content (AvgIpc) is 2.25. The molecule has 0 spiro atoms. The first kappa shape index (κ1) is 14.9. The van der Waals surface area contributed by atoms with Crippen LogP contribution in [-0.2, 0) is 10.0 Å². The molecule has 0 radical (unpaired) electrons. The molecule has 0 atom stereocenters. The van der Waals surface area contributed by atoms with Crippen LogP contribution in [0, 0.1) is 0 Å². The molecule has 1 aromatic carbocycles. The van der Waals surface area contributed by atoms with Gasteiger partial charge in [-0.05, 0) is 12.1 Å². The van der Waals surface area contributed by atoms with Crippen molar-refractivity contribution in [3.05, 3.63) is 29.8 Å². The normalized spacial score (nSPS) is 15.9. The zero-order chi connectivity index (χ0) is 8.77. The van der Waals surface area contributed by atoms with Gasteiger partial charge in [-0.1, -0.05) is 12.1 Å². The topological polar surface area (TPSA) is 63.2 Å². The second-order valence-corrected chi connectivity index (χ2v) is 4.08. The molecule has 14 heavy (non-hydrogen) atoms. The van der Waals surface area contributed by atoms with Gasteiger partial charge in [0, 0.05) is 0 Å². The molecule has 4 nitrogen and oxygen atoms in total. The molecule has 0 bridgehead atoms. The number of carbonyl (C=O) groups is 1. The fourth-order valence-electron chi connectivity index (χ4n) is 1.12. The van der Waals surface area contributed by atoms with Gasteiger partial charge in [-0.25, -0.2) is 13.1 Å². The number of hydrogen-bond acceptors (Lipinski definition) is 3. The number of sulfonamides is 1. The molecule has 1 heterocycles. The number of rotatable bonds is 0. The molecule has 0 fully saturated rings. The molecule has 0 saturated carbocycles. The van der Waals surface area contributed by atoms with Crippen molar-refractivity contribution in [3.63, 3.8) is 0 Å². The predicted molar refractivity (Wildman–Crippen MR) is 56.8 cm³/mol. The second kappa shape index (κ2) is 5.30. The summed E-state index contributed by atoms with van der Waals surface area (Å²) < 4.78 is 24.2. The quantitative estimate of drug-likeness (QED) is 0.572. The van der Waals surface area contributed by atoms with Gasteiger partial charge >= 0.3 is 67.3 Å². The molecular formula is C7H8CaNNaO3S. The number of fused-ring (bicyclic) bond motifs is 1. The van der Waals surface area contributed by atoms with Crippen molar-refractivity contribution >= 4 is 83.2 Å². The number of nitrogens with one attached hydrogen (secondary N) is 1. The van der Waals surface area contributed by atoms with Crippen LogP contribution in [0.2, 0.25) is 0 Å². The van der Waals surface area contributed by atoms with E-state index in [1.165, 1.54) is 12.1 Å². The minimum absolute atomic E-state index is 0. The van der Waals surface area contributed by atoms with Crippen molar-refractivity contribution < 1.29 is 13.2 Å². The Bertz CT molecular complexity index is 460. The van der Waals surface area contributed by atoms with Gasteiger partial charge < -0.3 is 0 Å². The van der Waals surface area contributed by atoms with Crippen LogP contribution in [0.4, 0.5) is 0 Å². The van der Waals surface area contributed by atoms with Crippen LogP contribution in [0.1, 0.15) is 10.4 Å². The van der Waals surface area contributed by atoms with Crippen molar-refractivity contribution in [1.29, 1.82) is 0 Å². The average molecular weight is 249 g/mol. The van der Waals surface area contributed by atoms with Crippen molar-refractivity contribution in [1.82, 2.24) is 4.72 Å². The third-order valence-electron chi connectivity index (χ3n) is 1.65. The summed E-state index contributed by atoms with van der Waals surface area (Å²) in [4.78, 5) is 11.1. The SMILES string of the molecule is O=C1NS(=O)(=O)c2ccccc21.[CaH2].[NaH]. The summed E-state index contributed by atoms with van der Waals surface area (Å²) in [7, 11) is -3.55. The van der Waals surface area contributed by atoms with E-state index in [0.717, 1.165) is 0 Å². The first-order valence-electron chi connectivity index (χ1n) is 3.27. The van der Waals surface area contributed by atoms with Crippen molar-refractivity contribution in [2.24, 2.45) is 0 Å². The first-order chi connectivity index (χ1) is 5.61. The maximum absolute atomic E-state index is 11.1. The zero-order valence-corrected chi connectivity index (χ0v) is 6.76. The molecule has 0 saturated heterocycles. The summed E-state index contributed by atoms with van der Waals surface area (Å²) >= 11 is 0. The van der Waals surface area contributed by atoms with Gasteiger partial charge in [-0.15, -0.1) is 0 Å². The molecule has 68 valence electrons. The zero-order valence-electron chi connectivity index (χ0n) is 5.94. The van der Waals surface area contributed by atoms with E-state index in [2.05, 4.69) is 0 Å². The summed E-state index contributed by atoms with van der Waals surface area (Å²) in [5.41, 5.74) is 0.220. The Morgan fingerprint density at radius 1 is 1.14 bits per heavy atom. The fraction of sp³-hybridized carbons (Fsp3) is 0. The summed E-state index contributed by atoms with van der Waals surface area (Å²) in [6.45, 7) is 0. The molecule has 1 aromatic rings. The van der Waals surface area contributed by atoms with Crippen LogP contribution in [0.25, 0.3) is 0 Å². The van der Waals surface area contributed by atoms with E-state index in [-0.39, 0.29) is 77.8 Å². The Morgan fingerprint density at radius 2 is 1.71 bits per heavy atom. The number of hydrogen-bond donors (Lipinski definition) is 1. The molecular weight excluding hydrogens is 241 g/mol. The fourth-order valence-corrected chi connectivity index (χ4v) is 2.29. The van der Waals surface area contributed by atoms with Crippen LogP contribution >= 0.6 is 0 Å². The molecule has 0 unspecified atom stereocenters. The minimum atomic E-state index is -3.55. The van der Waals surface area contributed by atoms with Crippen LogP contribution in [-0.4, -0.2) is 81.6 Å². The van der Waals surface area contributed by atoms with E-state index in [1.54, 1.807) is 12.1 Å². The molecule has 1 aliphatic heterocycles.